The van der Waals surface area contributed by atoms with E-state index in [9.17, 15) is 0 Å². The molecule has 1 atom stereocenters. The Bertz CT molecular complexity index is 980. The molecule has 0 saturated carbocycles. The normalized spacial score (nSPS) is 16.8. The minimum absolute atomic E-state index is 0.366. The lowest BCUT2D eigenvalue weighted by molar-refractivity contribution is 0.165. The largest absolute Gasteiger partial charge is 0.486 e. The SMILES string of the molecule is COc1nc2ccc(-c3cnc(C)n3C)cc2c(Cl)c1OCC1CCOC1. The first-order valence-electron chi connectivity index (χ1n) is 8.95. The summed E-state index contributed by atoms with van der Waals surface area (Å²) in [4.78, 5) is 8.95. The van der Waals surface area contributed by atoms with Gasteiger partial charge in [-0.05, 0) is 25.5 Å². The molecule has 6 nitrogen and oxygen atoms in total. The Balaban J connectivity index is 1.75. The topological polar surface area (TPSA) is 58.4 Å². The van der Waals surface area contributed by atoms with Gasteiger partial charge in [-0.1, -0.05) is 17.7 Å². The van der Waals surface area contributed by atoms with Crippen LogP contribution in [0.3, 0.4) is 0 Å². The van der Waals surface area contributed by atoms with Crippen molar-refractivity contribution in [2.45, 2.75) is 13.3 Å². The number of rotatable bonds is 5. The van der Waals surface area contributed by atoms with Crippen LogP contribution >= 0.6 is 11.6 Å². The zero-order chi connectivity index (χ0) is 19.0. The van der Waals surface area contributed by atoms with Crippen LogP contribution in [0.5, 0.6) is 11.6 Å². The van der Waals surface area contributed by atoms with Crippen LogP contribution in [-0.4, -0.2) is 41.5 Å². The van der Waals surface area contributed by atoms with Crippen molar-refractivity contribution >= 4 is 22.5 Å². The lowest BCUT2D eigenvalue weighted by Crippen LogP contribution is -2.12. The molecule has 4 rings (SSSR count). The zero-order valence-corrected chi connectivity index (χ0v) is 16.4. The average molecular weight is 388 g/mol. The maximum absolute atomic E-state index is 6.72. The Labute approximate surface area is 163 Å². The van der Waals surface area contributed by atoms with Gasteiger partial charge in [0.05, 0.1) is 42.8 Å². The highest BCUT2D eigenvalue weighted by Crippen LogP contribution is 2.40. The van der Waals surface area contributed by atoms with Crippen LogP contribution in [0.1, 0.15) is 12.2 Å². The van der Waals surface area contributed by atoms with Crippen molar-refractivity contribution in [3.63, 3.8) is 0 Å². The maximum atomic E-state index is 6.72. The molecule has 142 valence electrons. The lowest BCUT2D eigenvalue weighted by atomic mass is 10.1. The van der Waals surface area contributed by atoms with E-state index < -0.39 is 0 Å². The average Bonchev–Trinajstić information content (AvgIpc) is 3.31. The van der Waals surface area contributed by atoms with E-state index in [1.165, 1.54) is 0 Å². The first-order valence-corrected chi connectivity index (χ1v) is 9.32. The molecular weight excluding hydrogens is 366 g/mol. The van der Waals surface area contributed by atoms with Gasteiger partial charge < -0.3 is 18.8 Å². The van der Waals surface area contributed by atoms with Crippen molar-refractivity contribution in [1.82, 2.24) is 14.5 Å². The van der Waals surface area contributed by atoms with Gasteiger partial charge in [-0.2, -0.15) is 0 Å². The molecule has 3 aromatic rings. The van der Waals surface area contributed by atoms with Gasteiger partial charge >= 0.3 is 0 Å². The fourth-order valence-electron chi connectivity index (χ4n) is 3.29. The Morgan fingerprint density at radius 2 is 2.22 bits per heavy atom. The number of aryl methyl sites for hydroxylation is 1. The van der Waals surface area contributed by atoms with Gasteiger partial charge in [0.15, 0.2) is 0 Å². The molecule has 0 spiro atoms. The molecule has 27 heavy (non-hydrogen) atoms. The predicted octanol–water partition coefficient (Wildman–Crippen LogP) is 4.02. The van der Waals surface area contributed by atoms with Gasteiger partial charge in [-0.15, -0.1) is 0 Å². The summed E-state index contributed by atoms with van der Waals surface area (Å²) < 4.78 is 18.9. The maximum Gasteiger partial charge on any atom is 0.258 e. The number of nitrogens with zero attached hydrogens (tertiary/aromatic N) is 3. The highest BCUT2D eigenvalue weighted by atomic mass is 35.5. The van der Waals surface area contributed by atoms with Crippen LogP contribution in [0.2, 0.25) is 5.02 Å². The molecule has 1 fully saturated rings. The van der Waals surface area contributed by atoms with Gasteiger partial charge in [-0.25, -0.2) is 9.97 Å². The zero-order valence-electron chi connectivity index (χ0n) is 15.7. The second-order valence-electron chi connectivity index (χ2n) is 6.79. The van der Waals surface area contributed by atoms with Gasteiger partial charge in [0.2, 0.25) is 5.75 Å². The molecule has 1 unspecified atom stereocenters. The Kier molecular flexibility index (Phi) is 4.93. The lowest BCUT2D eigenvalue weighted by Gasteiger charge is -2.16. The van der Waals surface area contributed by atoms with E-state index in [4.69, 9.17) is 25.8 Å². The molecule has 1 aliphatic rings. The van der Waals surface area contributed by atoms with Crippen molar-refractivity contribution in [3.05, 3.63) is 35.2 Å². The molecule has 7 heteroatoms. The number of fused-ring (bicyclic) bond motifs is 1. The molecule has 0 aliphatic carbocycles. The number of benzene rings is 1. The fraction of sp³-hybridized carbons (Fsp3) is 0.400. The van der Waals surface area contributed by atoms with Crippen LogP contribution in [0.4, 0.5) is 0 Å². The quantitative estimate of drug-likeness (QED) is 0.661. The molecule has 0 radical (unpaired) electrons. The van der Waals surface area contributed by atoms with Crippen LogP contribution < -0.4 is 9.47 Å². The molecule has 1 saturated heterocycles. The van der Waals surface area contributed by atoms with Gasteiger partial charge in [0.25, 0.3) is 5.88 Å². The molecule has 0 N–H and O–H groups in total. The van der Waals surface area contributed by atoms with E-state index in [2.05, 4.69) is 9.97 Å². The van der Waals surface area contributed by atoms with E-state index in [1.807, 2.05) is 42.9 Å². The first-order chi connectivity index (χ1) is 13.1. The summed E-state index contributed by atoms with van der Waals surface area (Å²) >= 11 is 6.72. The molecule has 0 amide bonds. The second-order valence-corrected chi connectivity index (χ2v) is 7.16. The van der Waals surface area contributed by atoms with Gasteiger partial charge in [0, 0.05) is 30.5 Å². The highest BCUT2D eigenvalue weighted by molar-refractivity contribution is 6.37. The number of hydrogen-bond donors (Lipinski definition) is 0. The Morgan fingerprint density at radius 3 is 2.89 bits per heavy atom. The number of imidazole rings is 1. The summed E-state index contributed by atoms with van der Waals surface area (Å²) in [7, 11) is 3.57. The van der Waals surface area contributed by atoms with Gasteiger partial charge in [0.1, 0.15) is 5.82 Å². The summed E-state index contributed by atoms with van der Waals surface area (Å²) in [5.74, 6) is 2.20. The number of methoxy groups -OCH3 is 1. The van der Waals surface area contributed by atoms with E-state index in [1.54, 1.807) is 7.11 Å². The summed E-state index contributed by atoms with van der Waals surface area (Å²) in [6.07, 6.45) is 2.85. The van der Waals surface area contributed by atoms with Crippen LogP contribution in [-0.2, 0) is 11.8 Å². The Hall–Kier alpha value is -2.31. The molecule has 3 heterocycles. The molecule has 1 aromatic carbocycles. The predicted molar refractivity (Wildman–Crippen MR) is 105 cm³/mol. The first kappa shape index (κ1) is 18.1. The van der Waals surface area contributed by atoms with Crippen molar-refractivity contribution in [2.75, 3.05) is 26.9 Å². The number of aromatic nitrogens is 3. The van der Waals surface area contributed by atoms with Crippen LogP contribution in [0.25, 0.3) is 22.2 Å². The fourth-order valence-corrected chi connectivity index (χ4v) is 3.58. The molecule has 1 aliphatic heterocycles. The third-order valence-corrected chi connectivity index (χ3v) is 5.42. The van der Waals surface area contributed by atoms with Gasteiger partial charge in [-0.3, -0.25) is 0 Å². The molecule has 2 aromatic heterocycles. The second kappa shape index (κ2) is 7.37. The van der Waals surface area contributed by atoms with Crippen molar-refractivity contribution in [1.29, 1.82) is 0 Å². The number of ether oxygens (including phenoxy) is 3. The van der Waals surface area contributed by atoms with Crippen LogP contribution in [0, 0.1) is 12.8 Å². The monoisotopic (exact) mass is 387 g/mol. The van der Waals surface area contributed by atoms with Crippen molar-refractivity contribution in [2.24, 2.45) is 13.0 Å². The molecular formula is C20H22ClN3O3. The number of pyridine rings is 1. The smallest absolute Gasteiger partial charge is 0.258 e. The summed E-state index contributed by atoms with van der Waals surface area (Å²) in [5.41, 5.74) is 2.80. The minimum atomic E-state index is 0.366. The highest BCUT2D eigenvalue weighted by Gasteiger charge is 2.21. The standard InChI is InChI=1S/C20H22ClN3O3/c1-12-22-9-17(24(12)2)14-4-5-16-15(8-14)18(21)19(20(23-16)25-3)27-11-13-6-7-26-10-13/h4-5,8-9,13H,6-7,10-11H2,1-3H3. The van der Waals surface area contributed by atoms with Crippen molar-refractivity contribution in [3.8, 4) is 22.9 Å². The number of halogens is 1. The van der Waals surface area contributed by atoms with E-state index in [0.29, 0.717) is 35.8 Å². The summed E-state index contributed by atoms with van der Waals surface area (Å²) in [6.45, 7) is 4.00. The summed E-state index contributed by atoms with van der Waals surface area (Å²) in [5, 5.41) is 1.34. The molecule has 0 bridgehead atoms. The van der Waals surface area contributed by atoms with Crippen LogP contribution in [0.15, 0.2) is 24.4 Å². The third-order valence-electron chi connectivity index (χ3n) is 5.05. The van der Waals surface area contributed by atoms with Crippen molar-refractivity contribution < 1.29 is 14.2 Å². The summed E-state index contributed by atoms with van der Waals surface area (Å²) in [6, 6.07) is 5.97. The Morgan fingerprint density at radius 1 is 1.37 bits per heavy atom. The third kappa shape index (κ3) is 3.35. The van der Waals surface area contributed by atoms with E-state index >= 15 is 0 Å². The van der Waals surface area contributed by atoms with E-state index in [0.717, 1.165) is 41.0 Å². The minimum Gasteiger partial charge on any atom is -0.486 e. The van der Waals surface area contributed by atoms with E-state index in [-0.39, 0.29) is 0 Å². The number of hydrogen-bond acceptors (Lipinski definition) is 5.